The Hall–Kier alpha value is -4.07. The van der Waals surface area contributed by atoms with Crippen LogP contribution in [-0.2, 0) is 4.79 Å². The summed E-state index contributed by atoms with van der Waals surface area (Å²) in [6, 6.07) is 11.5. The van der Waals surface area contributed by atoms with Crippen LogP contribution in [0.1, 0.15) is 36.3 Å². The maximum Gasteiger partial charge on any atom is 0.228 e. The molecule has 32 heavy (non-hydrogen) atoms. The second-order valence-electron chi connectivity index (χ2n) is 7.83. The fraction of sp³-hybridized carbons (Fsp3) is 0.208. The SMILES string of the molecule is COc1ccc(C2C3=C(CCCC3=O)Oc3ncn4nc(-c5cccnc5)nc4c32)cc1. The van der Waals surface area contributed by atoms with Crippen molar-refractivity contribution < 1.29 is 14.3 Å². The summed E-state index contributed by atoms with van der Waals surface area (Å²) in [7, 11) is 1.63. The Balaban J connectivity index is 1.59. The standard InChI is InChI=1S/C24H19N5O3/c1-31-16-9-7-14(8-10-16)19-20-17(30)5-2-6-18(20)32-24-21(19)23-27-22(28-29(23)13-26-24)15-4-3-11-25-12-15/h3-4,7-13,19H,2,5-6H2,1H3. The van der Waals surface area contributed by atoms with E-state index in [1.807, 2.05) is 36.4 Å². The lowest BCUT2D eigenvalue weighted by Gasteiger charge is -2.32. The topological polar surface area (TPSA) is 91.5 Å². The molecule has 4 heterocycles. The smallest absolute Gasteiger partial charge is 0.228 e. The van der Waals surface area contributed by atoms with Gasteiger partial charge in [-0.3, -0.25) is 9.78 Å². The molecule has 0 N–H and O–H groups in total. The van der Waals surface area contributed by atoms with E-state index in [-0.39, 0.29) is 11.7 Å². The quantitative estimate of drug-likeness (QED) is 0.494. The number of hydrogen-bond donors (Lipinski definition) is 0. The summed E-state index contributed by atoms with van der Waals surface area (Å²) in [5.41, 5.74) is 3.80. The van der Waals surface area contributed by atoms with Crippen molar-refractivity contribution in [2.24, 2.45) is 0 Å². The summed E-state index contributed by atoms with van der Waals surface area (Å²) in [5.74, 6) is 2.23. The lowest BCUT2D eigenvalue weighted by Crippen LogP contribution is -2.26. The van der Waals surface area contributed by atoms with Gasteiger partial charge < -0.3 is 9.47 Å². The molecular weight excluding hydrogens is 406 g/mol. The predicted molar refractivity (Wildman–Crippen MR) is 115 cm³/mol. The second-order valence-corrected chi connectivity index (χ2v) is 7.83. The van der Waals surface area contributed by atoms with Gasteiger partial charge in [0.25, 0.3) is 0 Å². The Morgan fingerprint density at radius 3 is 2.81 bits per heavy atom. The molecule has 0 saturated heterocycles. The largest absolute Gasteiger partial charge is 0.497 e. The first-order valence-corrected chi connectivity index (χ1v) is 10.5. The van der Waals surface area contributed by atoms with Crippen LogP contribution in [0.3, 0.4) is 0 Å². The number of pyridine rings is 1. The number of benzene rings is 1. The second kappa shape index (κ2) is 7.26. The van der Waals surface area contributed by atoms with E-state index in [9.17, 15) is 4.79 Å². The maximum atomic E-state index is 13.1. The molecule has 0 spiro atoms. The van der Waals surface area contributed by atoms with Crippen molar-refractivity contribution in [1.82, 2.24) is 24.6 Å². The summed E-state index contributed by atoms with van der Waals surface area (Å²) < 4.78 is 13.1. The summed E-state index contributed by atoms with van der Waals surface area (Å²) >= 11 is 0. The highest BCUT2D eigenvalue weighted by Crippen LogP contribution is 2.47. The third kappa shape index (κ3) is 2.87. The molecule has 3 aromatic heterocycles. The van der Waals surface area contributed by atoms with Crippen molar-refractivity contribution in [1.29, 1.82) is 0 Å². The first-order chi connectivity index (χ1) is 15.7. The van der Waals surface area contributed by atoms with Gasteiger partial charge >= 0.3 is 0 Å². The number of carbonyl (C=O) groups excluding carboxylic acids is 1. The molecule has 158 valence electrons. The number of methoxy groups -OCH3 is 1. The molecule has 0 amide bonds. The third-order valence-electron chi connectivity index (χ3n) is 5.96. The lowest BCUT2D eigenvalue weighted by atomic mass is 9.78. The van der Waals surface area contributed by atoms with Crippen molar-refractivity contribution in [3.05, 3.63) is 77.6 Å². The van der Waals surface area contributed by atoms with E-state index < -0.39 is 0 Å². The van der Waals surface area contributed by atoms with Crippen LogP contribution in [0.4, 0.5) is 0 Å². The van der Waals surface area contributed by atoms with Crippen molar-refractivity contribution >= 4 is 11.4 Å². The molecule has 6 rings (SSSR count). The van der Waals surface area contributed by atoms with E-state index in [0.717, 1.165) is 28.9 Å². The highest BCUT2D eigenvalue weighted by atomic mass is 16.5. The van der Waals surface area contributed by atoms with E-state index in [1.54, 1.807) is 30.3 Å². The number of carbonyl (C=O) groups is 1. The molecular formula is C24H19N5O3. The monoisotopic (exact) mass is 425 g/mol. The summed E-state index contributed by atoms with van der Waals surface area (Å²) in [4.78, 5) is 26.6. The van der Waals surface area contributed by atoms with Gasteiger partial charge in [-0.2, -0.15) is 0 Å². The fourth-order valence-corrected chi connectivity index (χ4v) is 4.46. The minimum absolute atomic E-state index is 0.103. The number of fused-ring (bicyclic) bond motifs is 3. The maximum absolute atomic E-state index is 13.1. The number of Topliss-reactive ketones (excluding diaryl/α,β-unsaturated/α-hetero) is 1. The van der Waals surface area contributed by atoms with Gasteiger partial charge in [-0.15, -0.1) is 5.10 Å². The molecule has 0 bridgehead atoms. The molecule has 1 atom stereocenters. The van der Waals surface area contributed by atoms with Crippen LogP contribution in [0, 0.1) is 0 Å². The normalized spacial score (nSPS) is 17.7. The van der Waals surface area contributed by atoms with Gasteiger partial charge in [-0.05, 0) is 36.2 Å². The van der Waals surface area contributed by atoms with Gasteiger partial charge in [0, 0.05) is 42.3 Å². The summed E-state index contributed by atoms with van der Waals surface area (Å²) in [5, 5.41) is 4.60. The van der Waals surface area contributed by atoms with E-state index in [4.69, 9.17) is 14.5 Å². The van der Waals surface area contributed by atoms with E-state index in [2.05, 4.69) is 15.1 Å². The van der Waals surface area contributed by atoms with Gasteiger partial charge in [0.1, 0.15) is 17.8 Å². The van der Waals surface area contributed by atoms with Crippen LogP contribution < -0.4 is 9.47 Å². The number of aromatic nitrogens is 5. The van der Waals surface area contributed by atoms with Gasteiger partial charge in [-0.1, -0.05) is 12.1 Å². The molecule has 1 unspecified atom stereocenters. The zero-order valence-corrected chi connectivity index (χ0v) is 17.4. The molecule has 4 aromatic rings. The Labute approximate surface area is 183 Å². The Morgan fingerprint density at radius 1 is 1.16 bits per heavy atom. The van der Waals surface area contributed by atoms with Crippen LogP contribution in [-0.4, -0.2) is 37.5 Å². The van der Waals surface area contributed by atoms with Crippen LogP contribution in [0.15, 0.2) is 66.5 Å². The van der Waals surface area contributed by atoms with E-state index in [0.29, 0.717) is 41.5 Å². The van der Waals surface area contributed by atoms with Crippen molar-refractivity contribution in [3.63, 3.8) is 0 Å². The Kier molecular flexibility index (Phi) is 4.24. The molecule has 1 aliphatic heterocycles. The van der Waals surface area contributed by atoms with E-state index in [1.165, 1.54) is 0 Å². The van der Waals surface area contributed by atoms with Gasteiger partial charge in [0.15, 0.2) is 17.3 Å². The minimum atomic E-state index is -0.338. The molecule has 8 heteroatoms. The molecule has 2 aliphatic rings. The Morgan fingerprint density at radius 2 is 2.03 bits per heavy atom. The zero-order valence-electron chi connectivity index (χ0n) is 17.4. The average molecular weight is 425 g/mol. The number of ketones is 1. The van der Waals surface area contributed by atoms with Crippen LogP contribution in [0.5, 0.6) is 11.6 Å². The first-order valence-electron chi connectivity index (χ1n) is 10.5. The van der Waals surface area contributed by atoms with E-state index >= 15 is 0 Å². The fourth-order valence-electron chi connectivity index (χ4n) is 4.46. The molecule has 1 aromatic carbocycles. The van der Waals surface area contributed by atoms with Gasteiger partial charge in [0.05, 0.1) is 12.7 Å². The highest BCUT2D eigenvalue weighted by molar-refractivity contribution is 6.00. The number of hydrogen-bond acceptors (Lipinski definition) is 7. The van der Waals surface area contributed by atoms with Crippen LogP contribution in [0.25, 0.3) is 17.0 Å². The van der Waals surface area contributed by atoms with Gasteiger partial charge in [0.2, 0.25) is 5.88 Å². The lowest BCUT2D eigenvalue weighted by molar-refractivity contribution is -0.116. The van der Waals surface area contributed by atoms with Crippen molar-refractivity contribution in [2.75, 3.05) is 7.11 Å². The molecule has 0 fully saturated rings. The van der Waals surface area contributed by atoms with Crippen molar-refractivity contribution in [2.45, 2.75) is 25.2 Å². The number of nitrogens with zero attached hydrogens (tertiary/aromatic N) is 5. The third-order valence-corrected chi connectivity index (χ3v) is 5.96. The Bertz CT molecular complexity index is 1380. The van der Waals surface area contributed by atoms with Gasteiger partial charge in [-0.25, -0.2) is 14.5 Å². The minimum Gasteiger partial charge on any atom is -0.497 e. The average Bonchev–Trinajstić information content (AvgIpc) is 3.28. The molecule has 0 radical (unpaired) electrons. The van der Waals surface area contributed by atoms with Crippen LogP contribution >= 0.6 is 0 Å². The highest BCUT2D eigenvalue weighted by Gasteiger charge is 2.39. The number of allylic oxidation sites excluding steroid dienone is 2. The number of rotatable bonds is 3. The summed E-state index contributed by atoms with van der Waals surface area (Å²) in [6.45, 7) is 0. The molecule has 1 aliphatic carbocycles. The first kappa shape index (κ1) is 18.7. The number of ether oxygens (including phenoxy) is 2. The summed E-state index contributed by atoms with van der Waals surface area (Å²) in [6.07, 6.45) is 7.03. The van der Waals surface area contributed by atoms with Crippen molar-refractivity contribution in [3.8, 4) is 23.0 Å². The van der Waals surface area contributed by atoms with Crippen LogP contribution in [0.2, 0.25) is 0 Å². The predicted octanol–water partition coefficient (Wildman–Crippen LogP) is 3.73. The molecule has 8 nitrogen and oxygen atoms in total. The zero-order chi connectivity index (χ0) is 21.7. The molecule has 0 saturated carbocycles.